The van der Waals surface area contributed by atoms with Crippen molar-refractivity contribution in [3.05, 3.63) is 89.6 Å². The zero-order valence-electron chi connectivity index (χ0n) is 16.8. The number of carboxylic acid groups (broad SMARTS) is 1. The number of aromatic nitrogens is 1. The van der Waals surface area contributed by atoms with E-state index in [1.54, 1.807) is 6.07 Å². The van der Waals surface area contributed by atoms with E-state index in [-0.39, 0.29) is 6.42 Å². The molecule has 4 rings (SSSR count). The number of rotatable bonds is 7. The Labute approximate surface area is 175 Å². The highest BCUT2D eigenvalue weighted by Gasteiger charge is 2.12. The number of aliphatic carboxylic acids is 1. The van der Waals surface area contributed by atoms with Crippen LogP contribution in [0.4, 0.5) is 0 Å². The van der Waals surface area contributed by atoms with Gasteiger partial charge in [-0.1, -0.05) is 36.4 Å². The lowest BCUT2D eigenvalue weighted by atomic mass is 9.97. The summed E-state index contributed by atoms with van der Waals surface area (Å²) in [4.78, 5) is 11.1. The second-order valence-corrected chi connectivity index (χ2v) is 7.37. The van der Waals surface area contributed by atoms with E-state index in [1.165, 1.54) is 5.39 Å². The summed E-state index contributed by atoms with van der Waals surface area (Å²) in [5, 5.41) is 10.3. The van der Waals surface area contributed by atoms with Crippen LogP contribution in [0.2, 0.25) is 0 Å². The first-order chi connectivity index (χ1) is 14.5. The molecule has 0 aliphatic heterocycles. The fourth-order valence-electron chi connectivity index (χ4n) is 3.73. The molecule has 3 N–H and O–H groups in total. The molecule has 0 unspecified atom stereocenters. The number of ether oxygens (including phenoxy) is 1. The molecular weight excluding hydrogens is 376 g/mol. The van der Waals surface area contributed by atoms with Gasteiger partial charge in [-0.05, 0) is 52.6 Å². The highest BCUT2D eigenvalue weighted by molar-refractivity contribution is 5.96. The van der Waals surface area contributed by atoms with Gasteiger partial charge in [-0.3, -0.25) is 4.79 Å². The van der Waals surface area contributed by atoms with Crippen molar-refractivity contribution in [2.45, 2.75) is 19.6 Å². The normalized spacial score (nSPS) is 11.0. The Morgan fingerprint density at radius 3 is 2.67 bits per heavy atom. The van der Waals surface area contributed by atoms with Gasteiger partial charge in [0, 0.05) is 36.3 Å². The van der Waals surface area contributed by atoms with Gasteiger partial charge < -0.3 is 20.1 Å². The number of hydrogen-bond donors (Lipinski definition) is 2. The third-order valence-electron chi connectivity index (χ3n) is 5.25. The van der Waals surface area contributed by atoms with Crippen molar-refractivity contribution in [1.82, 2.24) is 4.57 Å². The lowest BCUT2D eigenvalue weighted by Gasteiger charge is -2.13. The third kappa shape index (κ3) is 4.07. The number of fused-ring (bicyclic) bond motifs is 1. The first-order valence-corrected chi connectivity index (χ1v) is 9.85. The second-order valence-electron chi connectivity index (χ2n) is 7.37. The molecule has 0 fully saturated rings. The highest BCUT2D eigenvalue weighted by Crippen LogP contribution is 2.32. The molecule has 1 aromatic heterocycles. The van der Waals surface area contributed by atoms with E-state index in [4.69, 9.17) is 15.6 Å². The van der Waals surface area contributed by atoms with Crippen LogP contribution in [0.25, 0.3) is 22.0 Å². The standard InChI is InChI=1S/C25H24N2O3/c1-27-10-9-21-22(19-7-4-5-17(11-19)15-26)12-18(13-23(21)27)16-30-24-8-3-2-6-20(24)14-25(28)29/h2-13H,14-16,26H2,1H3,(H,28,29). The molecule has 0 amide bonds. The average molecular weight is 400 g/mol. The van der Waals surface area contributed by atoms with E-state index in [1.807, 2.05) is 43.6 Å². The molecule has 0 radical (unpaired) electrons. The van der Waals surface area contributed by atoms with Gasteiger partial charge in [-0.25, -0.2) is 0 Å². The molecule has 0 saturated carbocycles. The molecule has 0 spiro atoms. The van der Waals surface area contributed by atoms with E-state index in [0.29, 0.717) is 24.5 Å². The summed E-state index contributed by atoms with van der Waals surface area (Å²) < 4.78 is 8.12. The molecule has 1 heterocycles. The molecule has 0 aliphatic rings. The molecule has 5 heteroatoms. The van der Waals surface area contributed by atoms with Crippen molar-refractivity contribution in [2.24, 2.45) is 12.8 Å². The molecule has 0 atom stereocenters. The fraction of sp³-hybridized carbons (Fsp3) is 0.160. The van der Waals surface area contributed by atoms with Crippen LogP contribution in [-0.2, 0) is 31.4 Å². The summed E-state index contributed by atoms with van der Waals surface area (Å²) in [6.07, 6.45) is 1.98. The quantitative estimate of drug-likeness (QED) is 0.478. The Balaban J connectivity index is 1.71. The summed E-state index contributed by atoms with van der Waals surface area (Å²) in [7, 11) is 2.02. The predicted octanol–water partition coefficient (Wildman–Crippen LogP) is 4.51. The van der Waals surface area contributed by atoms with Crippen molar-refractivity contribution in [2.75, 3.05) is 0 Å². The number of nitrogens with two attached hydrogens (primary N) is 1. The summed E-state index contributed by atoms with van der Waals surface area (Å²) in [6, 6.07) is 21.9. The zero-order valence-corrected chi connectivity index (χ0v) is 16.8. The van der Waals surface area contributed by atoms with E-state index in [2.05, 4.69) is 34.9 Å². The Morgan fingerprint density at radius 1 is 1.03 bits per heavy atom. The van der Waals surface area contributed by atoms with Crippen LogP contribution in [0.1, 0.15) is 16.7 Å². The molecule has 152 valence electrons. The molecular formula is C25H24N2O3. The van der Waals surface area contributed by atoms with Gasteiger partial charge in [-0.2, -0.15) is 0 Å². The van der Waals surface area contributed by atoms with E-state index in [9.17, 15) is 4.79 Å². The van der Waals surface area contributed by atoms with Gasteiger partial charge >= 0.3 is 5.97 Å². The SMILES string of the molecule is Cn1ccc2c(-c3cccc(CN)c3)cc(COc3ccccc3CC(=O)O)cc21. The number of carbonyl (C=O) groups is 1. The Hall–Kier alpha value is -3.57. The number of carboxylic acids is 1. The number of hydrogen-bond acceptors (Lipinski definition) is 3. The van der Waals surface area contributed by atoms with Gasteiger partial charge in [0.05, 0.1) is 6.42 Å². The van der Waals surface area contributed by atoms with Crippen molar-refractivity contribution >= 4 is 16.9 Å². The molecule has 5 nitrogen and oxygen atoms in total. The van der Waals surface area contributed by atoms with Gasteiger partial charge in [0.15, 0.2) is 0 Å². The van der Waals surface area contributed by atoms with E-state index in [0.717, 1.165) is 27.8 Å². The summed E-state index contributed by atoms with van der Waals surface area (Å²) >= 11 is 0. The maximum atomic E-state index is 11.1. The molecule has 0 saturated heterocycles. The largest absolute Gasteiger partial charge is 0.489 e. The molecule has 30 heavy (non-hydrogen) atoms. The van der Waals surface area contributed by atoms with Gasteiger partial charge in [-0.15, -0.1) is 0 Å². The summed E-state index contributed by atoms with van der Waals surface area (Å²) in [5.41, 5.74) is 12.0. The summed E-state index contributed by atoms with van der Waals surface area (Å²) in [6.45, 7) is 0.844. The van der Waals surface area contributed by atoms with Crippen molar-refractivity contribution in [3.63, 3.8) is 0 Å². The van der Waals surface area contributed by atoms with Gasteiger partial charge in [0.1, 0.15) is 12.4 Å². The second kappa shape index (κ2) is 8.43. The highest BCUT2D eigenvalue weighted by atomic mass is 16.5. The van der Waals surface area contributed by atoms with Crippen LogP contribution in [0.15, 0.2) is 72.9 Å². The Bertz CT molecular complexity index is 1210. The monoisotopic (exact) mass is 400 g/mol. The number of para-hydroxylation sites is 1. The topological polar surface area (TPSA) is 77.5 Å². The van der Waals surface area contributed by atoms with E-state index >= 15 is 0 Å². The third-order valence-corrected chi connectivity index (χ3v) is 5.25. The summed E-state index contributed by atoms with van der Waals surface area (Å²) in [5.74, 6) is -0.281. The van der Waals surface area contributed by atoms with Crippen molar-refractivity contribution < 1.29 is 14.6 Å². The van der Waals surface area contributed by atoms with Crippen LogP contribution < -0.4 is 10.5 Å². The first-order valence-electron chi connectivity index (χ1n) is 9.85. The Kier molecular flexibility index (Phi) is 5.55. The molecule has 3 aromatic carbocycles. The predicted molar refractivity (Wildman–Crippen MR) is 118 cm³/mol. The van der Waals surface area contributed by atoms with Crippen LogP contribution >= 0.6 is 0 Å². The minimum Gasteiger partial charge on any atom is -0.489 e. The van der Waals surface area contributed by atoms with Crippen LogP contribution in [0.3, 0.4) is 0 Å². The smallest absolute Gasteiger partial charge is 0.307 e. The number of aryl methyl sites for hydroxylation is 1. The number of nitrogens with zero attached hydrogens (tertiary/aromatic N) is 1. The lowest BCUT2D eigenvalue weighted by Crippen LogP contribution is -2.04. The van der Waals surface area contributed by atoms with E-state index < -0.39 is 5.97 Å². The average Bonchev–Trinajstić information content (AvgIpc) is 3.13. The molecule has 4 aromatic rings. The Morgan fingerprint density at radius 2 is 1.87 bits per heavy atom. The minimum atomic E-state index is -0.877. The lowest BCUT2D eigenvalue weighted by molar-refractivity contribution is -0.136. The first kappa shape index (κ1) is 19.7. The van der Waals surface area contributed by atoms with Gasteiger partial charge in [0.25, 0.3) is 0 Å². The minimum absolute atomic E-state index is 0.0653. The number of benzene rings is 3. The molecule has 0 aliphatic carbocycles. The maximum Gasteiger partial charge on any atom is 0.307 e. The zero-order chi connectivity index (χ0) is 21.1. The van der Waals surface area contributed by atoms with Crippen LogP contribution in [-0.4, -0.2) is 15.6 Å². The van der Waals surface area contributed by atoms with Crippen LogP contribution in [0, 0.1) is 0 Å². The van der Waals surface area contributed by atoms with Crippen LogP contribution in [0.5, 0.6) is 5.75 Å². The molecule has 0 bridgehead atoms. The maximum absolute atomic E-state index is 11.1. The van der Waals surface area contributed by atoms with Crippen molar-refractivity contribution in [1.29, 1.82) is 0 Å². The van der Waals surface area contributed by atoms with Gasteiger partial charge in [0.2, 0.25) is 0 Å². The van der Waals surface area contributed by atoms with Crippen molar-refractivity contribution in [3.8, 4) is 16.9 Å². The fourth-order valence-corrected chi connectivity index (χ4v) is 3.73.